The molecule has 1 aliphatic heterocycles. The van der Waals surface area contributed by atoms with Gasteiger partial charge in [0.25, 0.3) is 0 Å². The predicted octanol–water partition coefficient (Wildman–Crippen LogP) is 2.20. The second-order valence-electron chi connectivity index (χ2n) is 8.99. The van der Waals surface area contributed by atoms with Crippen molar-refractivity contribution in [1.29, 1.82) is 0 Å². The summed E-state index contributed by atoms with van der Waals surface area (Å²) in [6, 6.07) is 5.13. The maximum Gasteiger partial charge on any atom is 0.326 e. The van der Waals surface area contributed by atoms with Crippen LogP contribution in [0.1, 0.15) is 55.5 Å². The van der Waals surface area contributed by atoms with E-state index in [0.717, 1.165) is 55.9 Å². The molecule has 1 atom stereocenters. The quantitative estimate of drug-likeness (QED) is 0.420. The smallest absolute Gasteiger partial charge is 0.326 e. The normalized spacial score (nSPS) is 17.0. The number of ether oxygens (including phenoxy) is 1. The number of pyridine rings is 1. The molecule has 1 aliphatic carbocycles. The lowest BCUT2D eigenvalue weighted by atomic mass is 10.0. The molecule has 2 aromatic heterocycles. The number of hydrogen-bond acceptors (Lipinski definition) is 6. The maximum atomic E-state index is 12.8. The van der Waals surface area contributed by atoms with E-state index in [-0.39, 0.29) is 18.9 Å². The van der Waals surface area contributed by atoms with Gasteiger partial charge in [-0.3, -0.25) is 9.48 Å². The van der Waals surface area contributed by atoms with Crippen molar-refractivity contribution in [1.82, 2.24) is 20.1 Å². The second kappa shape index (κ2) is 10.3. The summed E-state index contributed by atoms with van der Waals surface area (Å²) in [4.78, 5) is 29.2. The highest BCUT2D eigenvalue weighted by atomic mass is 16.5. The minimum absolute atomic E-state index is 0.237. The Hall–Kier alpha value is -2.94. The van der Waals surface area contributed by atoms with Gasteiger partial charge >= 0.3 is 5.97 Å². The van der Waals surface area contributed by atoms with Crippen molar-refractivity contribution in [2.24, 2.45) is 7.05 Å². The van der Waals surface area contributed by atoms with E-state index < -0.39 is 17.4 Å². The van der Waals surface area contributed by atoms with Gasteiger partial charge in [0.1, 0.15) is 11.9 Å². The van der Waals surface area contributed by atoms with Gasteiger partial charge in [-0.05, 0) is 62.6 Å². The van der Waals surface area contributed by atoms with Gasteiger partial charge in [0.15, 0.2) is 0 Å². The number of aryl methyl sites for hydroxylation is 3. The number of carbonyl (C=O) groups is 2. The predicted molar refractivity (Wildman–Crippen MR) is 123 cm³/mol. The maximum absolute atomic E-state index is 12.8. The molecule has 0 bridgehead atoms. The summed E-state index contributed by atoms with van der Waals surface area (Å²) in [6.07, 6.45) is 8.27. The van der Waals surface area contributed by atoms with Crippen LogP contribution in [0, 0.1) is 0 Å². The standard InChI is InChI=1S/C24H33N5O4/c1-29-20(9-14-26-29)24(11-12-24)23(32)28-19(22(30)31)10-16-33-15-3-2-6-18-8-7-17-5-4-13-25-21(17)27-18/h7-9,14,19H,2-6,10-13,15-16H2,1H3,(H,25,27)(H,28,32)(H,30,31)/t19-/m0/s1. The first-order chi connectivity index (χ1) is 16.0. The number of carboxylic acid groups (broad SMARTS) is 1. The average Bonchev–Trinajstić information content (AvgIpc) is 3.51. The first kappa shape index (κ1) is 23.2. The van der Waals surface area contributed by atoms with Crippen molar-refractivity contribution in [3.63, 3.8) is 0 Å². The summed E-state index contributed by atoms with van der Waals surface area (Å²) in [5.41, 5.74) is 2.55. The summed E-state index contributed by atoms with van der Waals surface area (Å²) in [5, 5.41) is 19.8. The van der Waals surface area contributed by atoms with Gasteiger partial charge < -0.3 is 20.5 Å². The average molecular weight is 456 g/mol. The molecular weight excluding hydrogens is 422 g/mol. The zero-order chi connectivity index (χ0) is 23.3. The second-order valence-corrected chi connectivity index (χ2v) is 8.99. The van der Waals surface area contributed by atoms with E-state index in [0.29, 0.717) is 19.4 Å². The number of carbonyl (C=O) groups excluding carboxylic acids is 1. The zero-order valence-electron chi connectivity index (χ0n) is 19.2. The number of rotatable bonds is 12. The zero-order valence-corrected chi connectivity index (χ0v) is 19.2. The molecule has 2 aliphatic rings. The number of fused-ring (bicyclic) bond motifs is 1. The van der Waals surface area contributed by atoms with Crippen LogP contribution >= 0.6 is 0 Å². The van der Waals surface area contributed by atoms with Crippen LogP contribution < -0.4 is 10.6 Å². The van der Waals surface area contributed by atoms with Crippen molar-refractivity contribution in [3.05, 3.63) is 41.3 Å². The molecule has 0 radical (unpaired) electrons. The van der Waals surface area contributed by atoms with Crippen LogP contribution in [0.4, 0.5) is 5.82 Å². The molecule has 0 spiro atoms. The number of nitrogens with one attached hydrogen (secondary N) is 2. The van der Waals surface area contributed by atoms with E-state index in [1.807, 2.05) is 6.07 Å². The monoisotopic (exact) mass is 455 g/mol. The highest BCUT2D eigenvalue weighted by molar-refractivity contribution is 5.93. The third-order valence-electron chi connectivity index (χ3n) is 6.57. The highest BCUT2D eigenvalue weighted by Gasteiger charge is 2.53. The molecule has 178 valence electrons. The minimum Gasteiger partial charge on any atom is -0.480 e. The number of aliphatic carboxylic acids is 1. The number of hydrogen-bond donors (Lipinski definition) is 3. The van der Waals surface area contributed by atoms with Crippen molar-refractivity contribution in [3.8, 4) is 0 Å². The van der Waals surface area contributed by atoms with E-state index in [1.165, 1.54) is 5.56 Å². The Balaban J connectivity index is 1.15. The van der Waals surface area contributed by atoms with E-state index in [9.17, 15) is 14.7 Å². The van der Waals surface area contributed by atoms with Gasteiger partial charge in [-0.1, -0.05) is 6.07 Å². The molecule has 9 heteroatoms. The van der Waals surface area contributed by atoms with E-state index in [1.54, 1.807) is 17.9 Å². The fourth-order valence-corrected chi connectivity index (χ4v) is 4.44. The topological polar surface area (TPSA) is 118 Å². The fourth-order valence-electron chi connectivity index (χ4n) is 4.44. The lowest BCUT2D eigenvalue weighted by molar-refractivity contribution is -0.142. The third kappa shape index (κ3) is 5.52. The van der Waals surface area contributed by atoms with Gasteiger partial charge in [-0.2, -0.15) is 5.10 Å². The molecule has 1 amide bonds. The Labute approximate surface area is 193 Å². The molecule has 4 rings (SSSR count). The van der Waals surface area contributed by atoms with Crippen molar-refractivity contribution < 1.29 is 19.4 Å². The molecule has 33 heavy (non-hydrogen) atoms. The van der Waals surface area contributed by atoms with Crippen LogP contribution in [-0.2, 0) is 39.6 Å². The van der Waals surface area contributed by atoms with E-state index in [4.69, 9.17) is 9.72 Å². The molecule has 3 heterocycles. The van der Waals surface area contributed by atoms with Gasteiger partial charge in [-0.15, -0.1) is 0 Å². The first-order valence-electron chi connectivity index (χ1n) is 11.8. The third-order valence-corrected chi connectivity index (χ3v) is 6.57. The molecule has 0 saturated heterocycles. The first-order valence-corrected chi connectivity index (χ1v) is 11.8. The molecule has 1 fully saturated rings. The number of nitrogens with zero attached hydrogens (tertiary/aromatic N) is 3. The lowest BCUT2D eigenvalue weighted by Crippen LogP contribution is -2.46. The van der Waals surface area contributed by atoms with Crippen LogP contribution in [0.3, 0.4) is 0 Å². The summed E-state index contributed by atoms with van der Waals surface area (Å²) in [5.74, 6) is -0.265. The summed E-state index contributed by atoms with van der Waals surface area (Å²) in [6.45, 7) is 1.83. The van der Waals surface area contributed by atoms with Crippen LogP contribution in [-0.4, -0.2) is 57.5 Å². The Morgan fingerprint density at radius 2 is 2.12 bits per heavy atom. The number of aromatic nitrogens is 3. The number of unbranched alkanes of at least 4 members (excludes halogenated alkanes) is 1. The van der Waals surface area contributed by atoms with Crippen LogP contribution in [0.25, 0.3) is 0 Å². The highest BCUT2D eigenvalue weighted by Crippen LogP contribution is 2.48. The summed E-state index contributed by atoms with van der Waals surface area (Å²) in [7, 11) is 1.80. The molecule has 1 saturated carbocycles. The van der Waals surface area contributed by atoms with Crippen LogP contribution in [0.2, 0.25) is 0 Å². The molecule has 0 aromatic carbocycles. The minimum atomic E-state index is -1.04. The largest absolute Gasteiger partial charge is 0.480 e. The SMILES string of the molecule is Cn1nccc1C1(C(=O)N[C@@H](CCOCCCCc2ccc3c(n2)NCCC3)C(=O)O)CC1. The van der Waals surface area contributed by atoms with Gasteiger partial charge in [0.05, 0.1) is 11.1 Å². The number of amides is 1. The molecule has 9 nitrogen and oxygen atoms in total. The van der Waals surface area contributed by atoms with Gasteiger partial charge in [-0.25, -0.2) is 9.78 Å². The Morgan fingerprint density at radius 1 is 1.27 bits per heavy atom. The van der Waals surface area contributed by atoms with Crippen molar-refractivity contribution >= 4 is 17.7 Å². The fraction of sp³-hybridized carbons (Fsp3) is 0.583. The van der Waals surface area contributed by atoms with Gasteiger partial charge in [0.2, 0.25) is 5.91 Å². The van der Waals surface area contributed by atoms with Crippen molar-refractivity contribution in [2.45, 2.75) is 62.8 Å². The number of carboxylic acids is 1. The van der Waals surface area contributed by atoms with Crippen LogP contribution in [0.15, 0.2) is 24.4 Å². The van der Waals surface area contributed by atoms with E-state index >= 15 is 0 Å². The van der Waals surface area contributed by atoms with Crippen LogP contribution in [0.5, 0.6) is 0 Å². The molecule has 2 aromatic rings. The molecule has 3 N–H and O–H groups in total. The Bertz CT molecular complexity index is 985. The van der Waals surface area contributed by atoms with Gasteiger partial charge in [0, 0.05) is 45.1 Å². The lowest BCUT2D eigenvalue weighted by Gasteiger charge is -2.20. The Morgan fingerprint density at radius 3 is 2.85 bits per heavy atom. The molecule has 0 unspecified atom stereocenters. The Kier molecular flexibility index (Phi) is 7.27. The summed E-state index contributed by atoms with van der Waals surface area (Å²) < 4.78 is 7.34. The van der Waals surface area contributed by atoms with E-state index in [2.05, 4.69) is 27.9 Å². The van der Waals surface area contributed by atoms with Crippen molar-refractivity contribution in [2.75, 3.05) is 25.1 Å². The number of anilines is 1. The molecular formula is C24H33N5O4. The summed E-state index contributed by atoms with van der Waals surface area (Å²) >= 11 is 0.